The molecule has 11 heteroatoms. The van der Waals surface area contributed by atoms with E-state index in [1.165, 1.54) is 49.7 Å². The fourth-order valence-electron chi connectivity index (χ4n) is 2.69. The van der Waals surface area contributed by atoms with Crippen LogP contribution in [-0.4, -0.2) is 50.2 Å². The first-order valence-corrected chi connectivity index (χ1v) is 11.6. The number of nitriles is 1. The predicted octanol–water partition coefficient (Wildman–Crippen LogP) is 2.30. The Morgan fingerprint density at radius 3 is 2.62 bits per heavy atom. The zero-order chi connectivity index (χ0) is 23.3. The molecule has 1 aromatic heterocycles. The highest BCUT2D eigenvalue weighted by Crippen LogP contribution is 2.27. The molecule has 0 radical (unpaired) electrons. The molecular weight excluding hydrogens is 450 g/mol. The molecule has 0 aliphatic carbocycles. The van der Waals surface area contributed by atoms with Crippen LogP contribution in [0, 0.1) is 11.3 Å². The maximum atomic E-state index is 12.4. The predicted molar refractivity (Wildman–Crippen MR) is 121 cm³/mol. The van der Waals surface area contributed by atoms with Gasteiger partial charge in [0.15, 0.2) is 5.13 Å². The highest BCUT2D eigenvalue weighted by molar-refractivity contribution is 7.89. The lowest BCUT2D eigenvalue weighted by Crippen LogP contribution is -2.33. The highest BCUT2D eigenvalue weighted by atomic mass is 32.2. The number of aromatic nitrogens is 1. The summed E-state index contributed by atoms with van der Waals surface area (Å²) in [6, 6.07) is 14.7. The number of nitrogens with one attached hydrogen (secondary N) is 2. The van der Waals surface area contributed by atoms with E-state index in [1.54, 1.807) is 29.6 Å². The fraction of sp³-hybridized carbons (Fsp3) is 0.143. The second kappa shape index (κ2) is 9.69. The number of sulfonamides is 1. The van der Waals surface area contributed by atoms with Crippen molar-refractivity contribution in [3.63, 3.8) is 0 Å². The van der Waals surface area contributed by atoms with Crippen LogP contribution in [0.25, 0.3) is 11.3 Å². The van der Waals surface area contributed by atoms with Crippen molar-refractivity contribution < 1.29 is 18.0 Å². The standard InChI is InChI=1S/C21H19N5O4S2/c1-26(2)32(29,30)16-8-5-7-14(10-16)20(28)23-12-19(27)25-21-24-18(13-31-21)17-9-4-3-6-15(17)11-22/h3-10,13H,12H2,1-2H3,(H,23,28)(H,24,25,27). The first kappa shape index (κ1) is 23.1. The van der Waals surface area contributed by atoms with Gasteiger partial charge in [0.25, 0.3) is 5.91 Å². The number of carbonyl (C=O) groups excluding carboxylic acids is 2. The van der Waals surface area contributed by atoms with Crippen molar-refractivity contribution in [1.29, 1.82) is 5.26 Å². The minimum absolute atomic E-state index is 0.0208. The number of carbonyl (C=O) groups is 2. The number of nitrogens with zero attached hydrogens (tertiary/aromatic N) is 3. The van der Waals surface area contributed by atoms with Gasteiger partial charge in [0.2, 0.25) is 15.9 Å². The Morgan fingerprint density at radius 1 is 1.16 bits per heavy atom. The molecule has 0 spiro atoms. The summed E-state index contributed by atoms with van der Waals surface area (Å²) in [5.74, 6) is -1.08. The van der Waals surface area contributed by atoms with Crippen molar-refractivity contribution in [2.75, 3.05) is 26.0 Å². The van der Waals surface area contributed by atoms with E-state index in [1.807, 2.05) is 0 Å². The normalized spacial score (nSPS) is 11.1. The van der Waals surface area contributed by atoms with Crippen LogP contribution in [-0.2, 0) is 14.8 Å². The Labute approximate surface area is 189 Å². The van der Waals surface area contributed by atoms with E-state index in [4.69, 9.17) is 0 Å². The smallest absolute Gasteiger partial charge is 0.251 e. The minimum Gasteiger partial charge on any atom is -0.343 e. The lowest BCUT2D eigenvalue weighted by atomic mass is 10.1. The Hall–Kier alpha value is -3.59. The Kier molecular flexibility index (Phi) is 6.99. The summed E-state index contributed by atoms with van der Waals surface area (Å²) >= 11 is 1.19. The molecule has 3 rings (SSSR count). The average molecular weight is 470 g/mol. The molecule has 0 saturated carbocycles. The molecule has 2 N–H and O–H groups in total. The lowest BCUT2D eigenvalue weighted by Gasteiger charge is -2.12. The Morgan fingerprint density at radius 2 is 1.91 bits per heavy atom. The van der Waals surface area contributed by atoms with Crippen LogP contribution in [0.5, 0.6) is 0 Å². The van der Waals surface area contributed by atoms with Gasteiger partial charge >= 0.3 is 0 Å². The van der Waals surface area contributed by atoms with Crippen LogP contribution in [0.4, 0.5) is 5.13 Å². The van der Waals surface area contributed by atoms with Gasteiger partial charge in [-0.2, -0.15) is 5.26 Å². The molecule has 164 valence electrons. The summed E-state index contributed by atoms with van der Waals surface area (Å²) in [7, 11) is -0.887. The van der Waals surface area contributed by atoms with Crippen LogP contribution < -0.4 is 10.6 Å². The second-order valence-electron chi connectivity index (χ2n) is 6.74. The summed E-state index contributed by atoms with van der Waals surface area (Å²) in [4.78, 5) is 28.9. The van der Waals surface area contributed by atoms with Crippen LogP contribution in [0.3, 0.4) is 0 Å². The zero-order valence-corrected chi connectivity index (χ0v) is 18.8. The van der Waals surface area contributed by atoms with Crippen LogP contribution >= 0.6 is 11.3 Å². The number of hydrogen-bond acceptors (Lipinski definition) is 7. The maximum Gasteiger partial charge on any atom is 0.251 e. The average Bonchev–Trinajstić information content (AvgIpc) is 3.25. The zero-order valence-electron chi connectivity index (χ0n) is 17.2. The number of hydrogen-bond donors (Lipinski definition) is 2. The van der Waals surface area contributed by atoms with E-state index < -0.39 is 21.8 Å². The summed E-state index contributed by atoms with van der Waals surface area (Å²) in [5, 5.41) is 16.3. The molecule has 0 aliphatic heterocycles. The van der Waals surface area contributed by atoms with Gasteiger partial charge in [0.1, 0.15) is 0 Å². The van der Waals surface area contributed by atoms with Gasteiger partial charge in [-0.05, 0) is 24.3 Å². The van der Waals surface area contributed by atoms with Crippen LogP contribution in [0.2, 0.25) is 0 Å². The Balaban J connectivity index is 1.62. The van der Waals surface area contributed by atoms with E-state index in [9.17, 15) is 23.3 Å². The van der Waals surface area contributed by atoms with Gasteiger partial charge in [0, 0.05) is 30.6 Å². The molecule has 0 saturated heterocycles. The van der Waals surface area contributed by atoms with Crippen LogP contribution in [0.1, 0.15) is 15.9 Å². The van der Waals surface area contributed by atoms with Crippen molar-refractivity contribution in [3.05, 3.63) is 65.0 Å². The number of rotatable bonds is 7. The largest absolute Gasteiger partial charge is 0.343 e. The fourth-order valence-corrected chi connectivity index (χ4v) is 4.37. The maximum absolute atomic E-state index is 12.4. The molecule has 0 aliphatic rings. The summed E-state index contributed by atoms with van der Waals surface area (Å²) in [6.45, 7) is -0.326. The van der Waals surface area contributed by atoms with E-state index in [2.05, 4.69) is 21.7 Å². The van der Waals surface area contributed by atoms with Crippen molar-refractivity contribution in [3.8, 4) is 17.3 Å². The molecule has 0 fully saturated rings. The van der Waals surface area contributed by atoms with E-state index in [-0.39, 0.29) is 17.0 Å². The van der Waals surface area contributed by atoms with Gasteiger partial charge in [-0.25, -0.2) is 17.7 Å². The van der Waals surface area contributed by atoms with E-state index >= 15 is 0 Å². The summed E-state index contributed by atoms with van der Waals surface area (Å²) in [6.07, 6.45) is 0. The van der Waals surface area contributed by atoms with Gasteiger partial charge in [-0.1, -0.05) is 24.3 Å². The van der Waals surface area contributed by atoms with Crippen molar-refractivity contribution in [2.24, 2.45) is 0 Å². The molecule has 9 nitrogen and oxygen atoms in total. The molecule has 2 amide bonds. The molecule has 1 heterocycles. The molecule has 32 heavy (non-hydrogen) atoms. The number of thiazole rings is 1. The molecule has 3 aromatic rings. The van der Waals surface area contributed by atoms with Gasteiger partial charge in [-0.15, -0.1) is 11.3 Å². The number of anilines is 1. The molecule has 0 bridgehead atoms. The molecule has 0 atom stereocenters. The van der Waals surface area contributed by atoms with Gasteiger partial charge in [-0.3, -0.25) is 9.59 Å². The number of amides is 2. The minimum atomic E-state index is -3.68. The molecule has 0 unspecified atom stereocenters. The summed E-state index contributed by atoms with van der Waals surface area (Å²) < 4.78 is 25.5. The lowest BCUT2D eigenvalue weighted by molar-refractivity contribution is -0.115. The molecular formula is C21H19N5O4S2. The number of benzene rings is 2. The highest BCUT2D eigenvalue weighted by Gasteiger charge is 2.19. The Bertz CT molecular complexity index is 1310. The van der Waals surface area contributed by atoms with Gasteiger partial charge < -0.3 is 10.6 Å². The van der Waals surface area contributed by atoms with Crippen molar-refractivity contribution >= 4 is 38.3 Å². The molecule has 2 aromatic carbocycles. The topological polar surface area (TPSA) is 132 Å². The van der Waals surface area contributed by atoms with Crippen LogP contribution in [0.15, 0.2) is 58.8 Å². The van der Waals surface area contributed by atoms with Crippen molar-refractivity contribution in [1.82, 2.24) is 14.6 Å². The van der Waals surface area contributed by atoms with Crippen molar-refractivity contribution in [2.45, 2.75) is 4.90 Å². The SMILES string of the molecule is CN(C)S(=O)(=O)c1cccc(C(=O)NCC(=O)Nc2nc(-c3ccccc3C#N)cs2)c1. The van der Waals surface area contributed by atoms with Gasteiger partial charge in [0.05, 0.1) is 28.8 Å². The monoisotopic (exact) mass is 469 g/mol. The quantitative estimate of drug-likeness (QED) is 0.546. The van der Waals surface area contributed by atoms with E-state index in [0.29, 0.717) is 22.0 Å². The third-order valence-electron chi connectivity index (χ3n) is 4.36. The van der Waals surface area contributed by atoms with E-state index in [0.717, 1.165) is 4.31 Å². The second-order valence-corrected chi connectivity index (χ2v) is 9.75. The first-order valence-electron chi connectivity index (χ1n) is 9.28. The third kappa shape index (κ3) is 5.17. The first-order chi connectivity index (χ1) is 15.2. The summed E-state index contributed by atoms with van der Waals surface area (Å²) in [5.41, 5.74) is 1.81. The third-order valence-corrected chi connectivity index (χ3v) is 6.93.